The zero-order valence-electron chi connectivity index (χ0n) is 21.9. The van der Waals surface area contributed by atoms with Crippen LogP contribution >= 0.6 is 0 Å². The van der Waals surface area contributed by atoms with Crippen LogP contribution in [-0.4, -0.2) is 12.7 Å². The summed E-state index contributed by atoms with van der Waals surface area (Å²) < 4.78 is 55.6. The van der Waals surface area contributed by atoms with Gasteiger partial charge >= 0.3 is 0 Å². The van der Waals surface area contributed by atoms with E-state index in [0.717, 1.165) is 44.1 Å². The highest BCUT2D eigenvalue weighted by molar-refractivity contribution is 5.65. The third-order valence-corrected chi connectivity index (χ3v) is 7.34. The fourth-order valence-electron chi connectivity index (χ4n) is 5.19. The Morgan fingerprint density at radius 1 is 0.784 bits per heavy atom. The molecule has 1 aliphatic rings. The van der Waals surface area contributed by atoms with Crippen molar-refractivity contribution in [2.24, 2.45) is 0 Å². The Labute approximate surface area is 218 Å². The molecule has 1 fully saturated rings. The summed E-state index contributed by atoms with van der Waals surface area (Å²) in [6.45, 7) is 4.72. The first kappa shape index (κ1) is 27.3. The number of halogens is 3. The van der Waals surface area contributed by atoms with E-state index < -0.39 is 17.5 Å². The lowest BCUT2D eigenvalue weighted by molar-refractivity contribution is 0.0130. The fourth-order valence-corrected chi connectivity index (χ4v) is 5.19. The van der Waals surface area contributed by atoms with Crippen molar-refractivity contribution in [3.63, 3.8) is 0 Å². The Morgan fingerprint density at radius 2 is 1.51 bits per heavy atom. The molecule has 0 aromatic heterocycles. The number of aryl methyl sites for hydroxylation is 1. The number of ether oxygens (including phenoxy) is 2. The van der Waals surface area contributed by atoms with E-state index >= 15 is 8.78 Å². The molecule has 37 heavy (non-hydrogen) atoms. The Kier molecular flexibility index (Phi) is 9.68. The van der Waals surface area contributed by atoms with Crippen molar-refractivity contribution in [2.45, 2.75) is 83.8 Å². The van der Waals surface area contributed by atoms with Gasteiger partial charge in [0.2, 0.25) is 0 Å². The molecule has 0 aliphatic heterocycles. The summed E-state index contributed by atoms with van der Waals surface area (Å²) in [5.41, 5.74) is 3.43. The van der Waals surface area contributed by atoms with Crippen molar-refractivity contribution in [3.8, 4) is 16.9 Å². The summed E-state index contributed by atoms with van der Waals surface area (Å²) in [6, 6.07) is 16.1. The first-order chi connectivity index (χ1) is 18.0. The molecule has 198 valence electrons. The fraction of sp³-hybridized carbons (Fsp3) is 0.438. The van der Waals surface area contributed by atoms with Crippen LogP contribution in [0.3, 0.4) is 0 Å². The second-order valence-electron chi connectivity index (χ2n) is 9.97. The number of hydrogen-bond acceptors (Lipinski definition) is 2. The first-order valence-corrected chi connectivity index (χ1v) is 13.6. The molecule has 0 saturated heterocycles. The van der Waals surface area contributed by atoms with Crippen LogP contribution in [0.1, 0.15) is 81.4 Å². The largest absolute Gasteiger partial charge is 0.491 e. The van der Waals surface area contributed by atoms with Crippen LogP contribution in [0.2, 0.25) is 0 Å². The third-order valence-electron chi connectivity index (χ3n) is 7.34. The average Bonchev–Trinajstić information content (AvgIpc) is 2.91. The number of benzene rings is 3. The van der Waals surface area contributed by atoms with E-state index in [0.29, 0.717) is 29.9 Å². The van der Waals surface area contributed by atoms with Crippen molar-refractivity contribution in [3.05, 3.63) is 88.7 Å². The van der Waals surface area contributed by atoms with E-state index in [1.165, 1.54) is 24.5 Å². The average molecular weight is 511 g/mol. The summed E-state index contributed by atoms with van der Waals surface area (Å²) in [5.74, 6) is -1.69. The summed E-state index contributed by atoms with van der Waals surface area (Å²) in [6.07, 6.45) is 7.50. The zero-order valence-corrected chi connectivity index (χ0v) is 21.9. The quantitative estimate of drug-likeness (QED) is 0.239. The highest BCUT2D eigenvalue weighted by atomic mass is 19.2. The highest BCUT2D eigenvalue weighted by Gasteiger charge is 2.27. The molecular weight excluding hydrogens is 473 g/mol. The highest BCUT2D eigenvalue weighted by Crippen LogP contribution is 2.38. The summed E-state index contributed by atoms with van der Waals surface area (Å²) in [7, 11) is 0. The van der Waals surface area contributed by atoms with E-state index in [2.05, 4.69) is 6.92 Å². The first-order valence-electron chi connectivity index (χ1n) is 13.6. The minimum atomic E-state index is -0.771. The molecule has 3 aromatic rings. The molecule has 0 radical (unpaired) electrons. The summed E-state index contributed by atoms with van der Waals surface area (Å²) >= 11 is 0. The van der Waals surface area contributed by atoms with Crippen molar-refractivity contribution >= 4 is 0 Å². The van der Waals surface area contributed by atoms with Gasteiger partial charge in [0.25, 0.3) is 0 Å². The lowest BCUT2D eigenvalue weighted by atomic mass is 9.82. The molecule has 0 bridgehead atoms. The van der Waals surface area contributed by atoms with Gasteiger partial charge in [-0.15, -0.1) is 0 Å². The molecule has 0 heterocycles. The second kappa shape index (κ2) is 13.1. The summed E-state index contributed by atoms with van der Waals surface area (Å²) in [4.78, 5) is 0. The van der Waals surface area contributed by atoms with Crippen molar-refractivity contribution < 1.29 is 22.6 Å². The molecule has 0 spiro atoms. The smallest absolute Gasteiger partial charge is 0.166 e. The van der Waals surface area contributed by atoms with Crippen molar-refractivity contribution in [1.29, 1.82) is 0 Å². The number of rotatable bonds is 11. The van der Waals surface area contributed by atoms with Crippen molar-refractivity contribution in [1.82, 2.24) is 0 Å². The molecule has 5 heteroatoms. The van der Waals surface area contributed by atoms with Crippen LogP contribution < -0.4 is 4.74 Å². The van der Waals surface area contributed by atoms with Crippen LogP contribution in [0.25, 0.3) is 11.1 Å². The molecule has 1 aliphatic carbocycles. The van der Waals surface area contributed by atoms with Gasteiger partial charge in [0.15, 0.2) is 23.2 Å². The topological polar surface area (TPSA) is 18.5 Å². The third kappa shape index (κ3) is 6.95. The summed E-state index contributed by atoms with van der Waals surface area (Å²) in [5, 5.41) is 0. The molecule has 0 unspecified atom stereocenters. The lowest BCUT2D eigenvalue weighted by Gasteiger charge is -2.29. The van der Waals surface area contributed by atoms with Gasteiger partial charge in [0.1, 0.15) is 0 Å². The van der Waals surface area contributed by atoms with E-state index in [4.69, 9.17) is 9.47 Å². The molecular formula is C32H37F3O2. The van der Waals surface area contributed by atoms with Crippen LogP contribution in [0, 0.1) is 17.5 Å². The lowest BCUT2D eigenvalue weighted by Crippen LogP contribution is -2.21. The predicted molar refractivity (Wildman–Crippen MR) is 142 cm³/mol. The van der Waals surface area contributed by atoms with Gasteiger partial charge in [-0.2, -0.15) is 0 Å². The van der Waals surface area contributed by atoms with Crippen LogP contribution in [0.15, 0.2) is 54.6 Å². The van der Waals surface area contributed by atoms with Crippen LogP contribution in [0.5, 0.6) is 5.75 Å². The van der Waals surface area contributed by atoms with Crippen LogP contribution in [0.4, 0.5) is 13.2 Å². The standard InChI is InChI=1S/C32H37F3O2/c1-3-5-6-7-22-8-11-24(12-9-22)27-17-18-28(32(35)31(27)34)25-13-15-26(16-14-25)37-21-23-10-19-30(36-4-2)29(33)20-23/h8-12,17-20,25-26H,3-7,13-16,21H2,1-2H3. The minimum absolute atomic E-state index is 0.0221. The zero-order chi connectivity index (χ0) is 26.2. The molecule has 3 aromatic carbocycles. The van der Waals surface area contributed by atoms with Gasteiger partial charge in [-0.05, 0) is 85.8 Å². The van der Waals surface area contributed by atoms with E-state index in [9.17, 15) is 4.39 Å². The molecule has 0 atom stereocenters. The maximum atomic E-state index is 15.2. The predicted octanol–water partition coefficient (Wildman–Crippen LogP) is 9.15. The molecule has 0 N–H and O–H groups in total. The van der Waals surface area contributed by atoms with E-state index in [-0.39, 0.29) is 17.8 Å². The van der Waals surface area contributed by atoms with Crippen molar-refractivity contribution in [2.75, 3.05) is 6.61 Å². The maximum absolute atomic E-state index is 15.2. The Balaban J connectivity index is 1.33. The molecule has 4 rings (SSSR count). The van der Waals surface area contributed by atoms with Gasteiger partial charge in [0.05, 0.1) is 19.3 Å². The molecule has 0 amide bonds. The SMILES string of the molecule is CCCCCc1ccc(-c2ccc(C3CCC(OCc4ccc(OCC)c(F)c4)CC3)c(F)c2F)cc1. The minimum Gasteiger partial charge on any atom is -0.491 e. The van der Waals surface area contributed by atoms with Gasteiger partial charge in [0, 0.05) is 5.56 Å². The van der Waals surface area contributed by atoms with E-state index in [1.807, 2.05) is 31.2 Å². The second-order valence-corrected chi connectivity index (χ2v) is 9.97. The number of hydrogen-bond donors (Lipinski definition) is 0. The van der Waals surface area contributed by atoms with Gasteiger partial charge < -0.3 is 9.47 Å². The van der Waals surface area contributed by atoms with Gasteiger partial charge in [-0.25, -0.2) is 13.2 Å². The Hall–Kier alpha value is -2.79. The maximum Gasteiger partial charge on any atom is 0.166 e. The number of unbranched alkanes of at least 4 members (excludes halogenated alkanes) is 2. The van der Waals surface area contributed by atoms with Gasteiger partial charge in [-0.3, -0.25) is 0 Å². The van der Waals surface area contributed by atoms with Gasteiger partial charge in [-0.1, -0.05) is 62.2 Å². The Morgan fingerprint density at radius 3 is 2.19 bits per heavy atom. The van der Waals surface area contributed by atoms with E-state index in [1.54, 1.807) is 24.3 Å². The Bertz CT molecular complexity index is 1150. The molecule has 2 nitrogen and oxygen atoms in total. The molecule has 1 saturated carbocycles. The monoisotopic (exact) mass is 510 g/mol. The van der Waals surface area contributed by atoms with Crippen LogP contribution in [-0.2, 0) is 17.8 Å². The normalized spacial score (nSPS) is 17.6.